The van der Waals surface area contributed by atoms with Crippen molar-refractivity contribution in [3.63, 3.8) is 0 Å². The molecule has 2 aliphatic rings. The maximum absolute atomic E-state index is 13.9. The first-order valence-corrected chi connectivity index (χ1v) is 13.5. The number of alkyl halides is 2. The Kier molecular flexibility index (Phi) is 7.20. The monoisotopic (exact) mass is 555 g/mol. The van der Waals surface area contributed by atoms with Gasteiger partial charge in [0.05, 0.1) is 11.3 Å². The van der Waals surface area contributed by atoms with Gasteiger partial charge in [0, 0.05) is 48.6 Å². The van der Waals surface area contributed by atoms with Crippen molar-refractivity contribution in [3.05, 3.63) is 58.7 Å². The molecule has 9 heteroatoms. The highest BCUT2D eigenvalue weighted by molar-refractivity contribution is 6.45. The first-order chi connectivity index (χ1) is 18.1. The van der Waals surface area contributed by atoms with Crippen LogP contribution in [0.2, 0.25) is 0 Å². The SMILES string of the molecule is CC(=O)c1cc2c(cc1OCCN(C)C)NC(C(=O)N1C[C@@H](C(Cl)Cl)c3c1cc(O)c1cccc(C)c31)C2. The number of nitrogens with zero attached hydrogens (tertiary/aromatic N) is 2. The zero-order valence-corrected chi connectivity index (χ0v) is 23.4. The minimum Gasteiger partial charge on any atom is -0.507 e. The van der Waals surface area contributed by atoms with Gasteiger partial charge in [-0.05, 0) is 56.1 Å². The van der Waals surface area contributed by atoms with E-state index in [2.05, 4.69) is 5.32 Å². The van der Waals surface area contributed by atoms with Crippen molar-refractivity contribution in [2.45, 2.75) is 37.1 Å². The van der Waals surface area contributed by atoms with Gasteiger partial charge in [-0.25, -0.2) is 0 Å². The number of nitrogens with one attached hydrogen (secondary N) is 1. The fraction of sp³-hybridized carbons (Fsp3) is 0.379. The van der Waals surface area contributed by atoms with E-state index in [1.807, 2.05) is 56.3 Å². The van der Waals surface area contributed by atoms with Crippen LogP contribution in [0.1, 0.15) is 39.9 Å². The highest BCUT2D eigenvalue weighted by atomic mass is 35.5. The Morgan fingerprint density at radius 3 is 2.68 bits per heavy atom. The van der Waals surface area contributed by atoms with Gasteiger partial charge in [-0.2, -0.15) is 0 Å². The van der Waals surface area contributed by atoms with Crippen LogP contribution < -0.4 is 15.0 Å². The first kappa shape index (κ1) is 26.6. The molecule has 2 atom stereocenters. The zero-order valence-electron chi connectivity index (χ0n) is 21.8. The van der Waals surface area contributed by atoms with Crippen molar-refractivity contribution in [1.82, 2.24) is 4.90 Å². The molecule has 0 fully saturated rings. The van der Waals surface area contributed by atoms with Crippen LogP contribution in [0.25, 0.3) is 10.8 Å². The van der Waals surface area contributed by atoms with Crippen LogP contribution in [0.4, 0.5) is 11.4 Å². The van der Waals surface area contributed by atoms with E-state index in [1.165, 1.54) is 6.92 Å². The number of phenolic OH excluding ortho intramolecular Hbond substituents is 1. The number of amides is 1. The molecular weight excluding hydrogens is 525 g/mol. The molecule has 38 heavy (non-hydrogen) atoms. The van der Waals surface area contributed by atoms with Crippen molar-refractivity contribution in [2.24, 2.45) is 0 Å². The summed E-state index contributed by atoms with van der Waals surface area (Å²) in [5.74, 6) is 0.0721. The summed E-state index contributed by atoms with van der Waals surface area (Å²) < 4.78 is 5.93. The topological polar surface area (TPSA) is 82.1 Å². The number of rotatable bonds is 7. The van der Waals surface area contributed by atoms with E-state index in [9.17, 15) is 14.7 Å². The molecule has 2 aliphatic heterocycles. The van der Waals surface area contributed by atoms with E-state index < -0.39 is 10.9 Å². The first-order valence-electron chi connectivity index (χ1n) is 12.6. The van der Waals surface area contributed by atoms with Gasteiger partial charge in [-0.1, -0.05) is 18.2 Å². The lowest BCUT2D eigenvalue weighted by Gasteiger charge is -2.22. The van der Waals surface area contributed by atoms with Crippen molar-refractivity contribution < 1.29 is 19.4 Å². The molecule has 1 amide bonds. The van der Waals surface area contributed by atoms with Crippen molar-refractivity contribution >= 4 is 57.0 Å². The number of anilines is 2. The fourth-order valence-corrected chi connectivity index (χ4v) is 5.92. The number of hydrogen-bond acceptors (Lipinski definition) is 6. The average Bonchev–Trinajstić information content (AvgIpc) is 3.44. The van der Waals surface area contributed by atoms with Gasteiger partial charge in [0.2, 0.25) is 5.91 Å². The molecule has 5 rings (SSSR count). The lowest BCUT2D eigenvalue weighted by molar-refractivity contribution is -0.119. The van der Waals surface area contributed by atoms with Crippen LogP contribution in [0.3, 0.4) is 0 Å². The van der Waals surface area contributed by atoms with Crippen molar-refractivity contribution in [2.75, 3.05) is 44.0 Å². The predicted octanol–water partition coefficient (Wildman–Crippen LogP) is 5.27. The lowest BCUT2D eigenvalue weighted by atomic mass is 9.92. The summed E-state index contributed by atoms with van der Waals surface area (Å²) >= 11 is 12.9. The molecule has 0 aliphatic carbocycles. The molecule has 0 saturated heterocycles. The van der Waals surface area contributed by atoms with E-state index >= 15 is 0 Å². The minimum absolute atomic E-state index is 0.0910. The summed E-state index contributed by atoms with van der Waals surface area (Å²) in [4.78, 5) is 29.2. The van der Waals surface area contributed by atoms with E-state index in [0.29, 0.717) is 48.5 Å². The zero-order chi connectivity index (χ0) is 27.3. The Morgan fingerprint density at radius 2 is 2.00 bits per heavy atom. The Balaban J connectivity index is 1.47. The molecular formula is C29H31Cl2N3O4. The van der Waals surface area contributed by atoms with Crippen molar-refractivity contribution in [3.8, 4) is 11.5 Å². The highest BCUT2D eigenvalue weighted by Gasteiger charge is 2.41. The maximum Gasteiger partial charge on any atom is 0.249 e. The molecule has 2 N–H and O–H groups in total. The van der Waals surface area contributed by atoms with E-state index in [4.69, 9.17) is 27.9 Å². The van der Waals surface area contributed by atoms with Gasteiger partial charge in [-0.15, -0.1) is 23.2 Å². The third-order valence-corrected chi connectivity index (χ3v) is 8.02. The summed E-state index contributed by atoms with van der Waals surface area (Å²) in [7, 11) is 3.91. The molecule has 0 radical (unpaired) electrons. The Bertz CT molecular complexity index is 1440. The van der Waals surface area contributed by atoms with Gasteiger partial charge < -0.3 is 25.0 Å². The van der Waals surface area contributed by atoms with Crippen LogP contribution in [0, 0.1) is 6.92 Å². The van der Waals surface area contributed by atoms with Gasteiger partial charge in [0.1, 0.15) is 29.0 Å². The number of Topliss-reactive ketones (excluding diaryl/α,β-unsaturated/α-hetero) is 1. The highest BCUT2D eigenvalue weighted by Crippen LogP contribution is 2.49. The fourth-order valence-electron chi connectivity index (χ4n) is 5.51. The van der Waals surface area contributed by atoms with E-state index in [-0.39, 0.29) is 23.4 Å². The number of phenols is 1. The van der Waals surface area contributed by atoms with Crippen LogP contribution >= 0.6 is 23.2 Å². The van der Waals surface area contributed by atoms with Gasteiger partial charge in [0.25, 0.3) is 0 Å². The standard InChI is InChI=1S/C29H31Cl2N3O4/c1-15-6-5-7-18-24(36)13-23-27(26(15)18)20(28(30)31)14-34(23)29(37)22-11-17-10-19(16(2)35)25(12-21(17)32-22)38-9-8-33(3)4/h5-7,10,12-13,20,22,28,32,36H,8-9,11,14H2,1-4H3/t20-,22?/m1/s1. The summed E-state index contributed by atoms with van der Waals surface area (Å²) in [5, 5.41) is 15.8. The quantitative estimate of drug-likeness (QED) is 0.305. The maximum atomic E-state index is 13.9. The number of carbonyl (C=O) groups excluding carboxylic acids is 2. The number of halogens is 2. The molecule has 2 heterocycles. The number of ketones is 1. The molecule has 7 nitrogen and oxygen atoms in total. The molecule has 1 unspecified atom stereocenters. The van der Waals surface area contributed by atoms with E-state index in [0.717, 1.165) is 27.8 Å². The second-order valence-corrected chi connectivity index (χ2v) is 11.5. The van der Waals surface area contributed by atoms with Crippen LogP contribution in [0.5, 0.6) is 11.5 Å². The lowest BCUT2D eigenvalue weighted by Crippen LogP contribution is -2.42. The number of aromatic hydroxyl groups is 1. The van der Waals surface area contributed by atoms with Gasteiger partial charge in [-0.3, -0.25) is 9.59 Å². The summed E-state index contributed by atoms with van der Waals surface area (Å²) in [6, 6.07) is 10.4. The predicted molar refractivity (Wildman–Crippen MR) is 153 cm³/mol. The van der Waals surface area contributed by atoms with Gasteiger partial charge >= 0.3 is 0 Å². The normalized spacial score (nSPS) is 18.2. The third kappa shape index (κ3) is 4.68. The Morgan fingerprint density at radius 1 is 1.24 bits per heavy atom. The number of likely N-dealkylation sites (N-methyl/N-ethyl adjacent to an activating group) is 1. The largest absolute Gasteiger partial charge is 0.507 e. The summed E-state index contributed by atoms with van der Waals surface area (Å²) in [6.07, 6.45) is 0.423. The molecule has 0 saturated carbocycles. The summed E-state index contributed by atoms with van der Waals surface area (Å²) in [5.41, 5.74) is 4.64. The second-order valence-electron chi connectivity index (χ2n) is 10.3. The number of carbonyl (C=O) groups is 2. The average molecular weight is 556 g/mol. The van der Waals surface area contributed by atoms with Crippen LogP contribution in [-0.2, 0) is 11.2 Å². The number of fused-ring (bicyclic) bond motifs is 4. The number of aryl methyl sites for hydroxylation is 1. The number of benzene rings is 3. The number of hydrogen-bond donors (Lipinski definition) is 2. The molecule has 0 aromatic heterocycles. The third-order valence-electron chi connectivity index (χ3n) is 7.41. The van der Waals surface area contributed by atoms with Gasteiger partial charge in [0.15, 0.2) is 5.78 Å². The van der Waals surface area contributed by atoms with Crippen LogP contribution in [0.15, 0.2) is 36.4 Å². The minimum atomic E-state index is -0.729. The molecule has 0 bridgehead atoms. The molecule has 200 valence electrons. The summed E-state index contributed by atoms with van der Waals surface area (Å²) in [6.45, 7) is 4.95. The Labute approximate surface area is 232 Å². The van der Waals surface area contributed by atoms with Crippen LogP contribution in [-0.4, -0.2) is 66.4 Å². The smallest absolute Gasteiger partial charge is 0.249 e. The van der Waals surface area contributed by atoms with E-state index in [1.54, 1.807) is 11.0 Å². The molecule has 0 spiro atoms. The Hall–Kier alpha value is -3.00. The van der Waals surface area contributed by atoms with Crippen molar-refractivity contribution in [1.29, 1.82) is 0 Å². The molecule has 3 aromatic carbocycles. The second kappa shape index (κ2) is 10.3. The number of ether oxygens (including phenoxy) is 1. The molecule has 3 aromatic rings.